The summed E-state index contributed by atoms with van der Waals surface area (Å²) in [6, 6.07) is 20.1. The van der Waals surface area contributed by atoms with Crippen LogP contribution < -0.4 is 10.2 Å². The van der Waals surface area contributed by atoms with Gasteiger partial charge in [-0.05, 0) is 55.2 Å². The van der Waals surface area contributed by atoms with Gasteiger partial charge in [-0.15, -0.1) is 0 Å². The van der Waals surface area contributed by atoms with Crippen molar-refractivity contribution in [3.8, 4) is 5.69 Å². The highest BCUT2D eigenvalue weighted by Crippen LogP contribution is 2.26. The summed E-state index contributed by atoms with van der Waals surface area (Å²) < 4.78 is 1.83. The highest BCUT2D eigenvalue weighted by atomic mass is 16.1. The molecule has 0 aliphatic carbocycles. The monoisotopic (exact) mass is 411 g/mol. The number of aromatic nitrogens is 3. The van der Waals surface area contributed by atoms with Gasteiger partial charge in [0.25, 0.3) is 5.91 Å². The fourth-order valence-corrected chi connectivity index (χ4v) is 4.10. The number of pyridine rings is 1. The molecule has 1 aliphatic heterocycles. The first kappa shape index (κ1) is 19.3. The van der Waals surface area contributed by atoms with Crippen LogP contribution in [0.3, 0.4) is 0 Å². The standard InChI is InChI=1S/C25H25N5O/c31-25(26-14-12-19-8-10-21(11-9-19)30-17-5-13-27-30)22-18-20-6-1-2-7-23(20)28-24(22)29-15-3-4-16-29/h1-2,5-11,13,17-18H,3-4,12,14-16H2,(H,26,31). The SMILES string of the molecule is O=C(NCCc1ccc(-n2cccn2)cc1)c1cc2ccccc2nc1N1CCCC1. The number of carbonyl (C=O) groups is 1. The lowest BCUT2D eigenvalue weighted by Gasteiger charge is -2.20. The van der Waals surface area contributed by atoms with Crippen molar-refractivity contribution < 1.29 is 4.79 Å². The van der Waals surface area contributed by atoms with Crippen LogP contribution in [-0.4, -0.2) is 40.3 Å². The van der Waals surface area contributed by atoms with E-state index in [2.05, 4.69) is 27.4 Å². The van der Waals surface area contributed by atoms with E-state index in [0.717, 1.165) is 54.8 Å². The Balaban J connectivity index is 1.29. The third-order valence-electron chi connectivity index (χ3n) is 5.76. The molecule has 0 atom stereocenters. The Kier molecular flexibility index (Phi) is 5.35. The fourth-order valence-electron chi connectivity index (χ4n) is 4.10. The average molecular weight is 412 g/mol. The molecule has 4 aromatic rings. The summed E-state index contributed by atoms with van der Waals surface area (Å²) in [5, 5.41) is 8.33. The molecule has 0 spiro atoms. The molecular weight excluding hydrogens is 386 g/mol. The number of nitrogens with zero attached hydrogens (tertiary/aromatic N) is 4. The first-order valence-corrected chi connectivity index (χ1v) is 10.8. The van der Waals surface area contributed by atoms with Crippen molar-refractivity contribution in [3.63, 3.8) is 0 Å². The molecule has 156 valence electrons. The van der Waals surface area contributed by atoms with Crippen LogP contribution >= 0.6 is 0 Å². The van der Waals surface area contributed by atoms with Gasteiger partial charge in [0.05, 0.1) is 16.8 Å². The first-order chi connectivity index (χ1) is 15.3. The topological polar surface area (TPSA) is 63.1 Å². The van der Waals surface area contributed by atoms with Gasteiger partial charge in [0.1, 0.15) is 5.82 Å². The molecule has 5 rings (SSSR count). The fraction of sp³-hybridized carbons (Fsp3) is 0.240. The molecule has 1 saturated heterocycles. The van der Waals surface area contributed by atoms with Crippen molar-refractivity contribution in [2.24, 2.45) is 0 Å². The molecule has 1 fully saturated rings. The smallest absolute Gasteiger partial charge is 0.255 e. The summed E-state index contributed by atoms with van der Waals surface area (Å²) in [6.07, 6.45) is 6.74. The predicted molar refractivity (Wildman–Crippen MR) is 123 cm³/mol. The van der Waals surface area contributed by atoms with Gasteiger partial charge >= 0.3 is 0 Å². The highest BCUT2D eigenvalue weighted by Gasteiger charge is 2.21. The highest BCUT2D eigenvalue weighted by molar-refractivity contribution is 6.02. The van der Waals surface area contributed by atoms with Crippen LogP contribution in [0.25, 0.3) is 16.6 Å². The largest absolute Gasteiger partial charge is 0.356 e. The van der Waals surface area contributed by atoms with E-state index in [0.29, 0.717) is 12.1 Å². The molecule has 2 aromatic carbocycles. The van der Waals surface area contributed by atoms with Gasteiger partial charge in [-0.1, -0.05) is 30.3 Å². The maximum atomic E-state index is 13.1. The molecule has 0 radical (unpaired) electrons. The van der Waals surface area contributed by atoms with E-state index in [4.69, 9.17) is 4.98 Å². The molecule has 1 N–H and O–H groups in total. The zero-order valence-corrected chi connectivity index (χ0v) is 17.4. The van der Waals surface area contributed by atoms with Gasteiger partial charge < -0.3 is 10.2 Å². The lowest BCUT2D eigenvalue weighted by atomic mass is 10.1. The Bertz CT molecular complexity index is 1180. The second-order valence-electron chi connectivity index (χ2n) is 7.87. The number of carbonyl (C=O) groups excluding carboxylic acids is 1. The quantitative estimate of drug-likeness (QED) is 0.521. The molecule has 0 bridgehead atoms. The molecule has 6 nitrogen and oxygen atoms in total. The maximum Gasteiger partial charge on any atom is 0.255 e. The summed E-state index contributed by atoms with van der Waals surface area (Å²) in [7, 11) is 0. The molecular formula is C25H25N5O. The van der Waals surface area contributed by atoms with E-state index in [1.165, 1.54) is 5.56 Å². The average Bonchev–Trinajstić information content (AvgIpc) is 3.53. The van der Waals surface area contributed by atoms with E-state index in [1.807, 2.05) is 59.4 Å². The number of nitrogens with one attached hydrogen (secondary N) is 1. The number of anilines is 1. The number of amides is 1. The van der Waals surface area contributed by atoms with Gasteiger partial charge in [-0.2, -0.15) is 5.10 Å². The van der Waals surface area contributed by atoms with Crippen LogP contribution in [0, 0.1) is 0 Å². The van der Waals surface area contributed by atoms with Crippen molar-refractivity contribution in [3.05, 3.63) is 84.2 Å². The lowest BCUT2D eigenvalue weighted by Crippen LogP contribution is -2.29. The zero-order chi connectivity index (χ0) is 21.0. The molecule has 3 heterocycles. The van der Waals surface area contributed by atoms with Gasteiger partial charge in [-0.25, -0.2) is 9.67 Å². The van der Waals surface area contributed by atoms with Crippen LogP contribution in [0.5, 0.6) is 0 Å². The molecule has 1 aliphatic rings. The number of hydrogen-bond acceptors (Lipinski definition) is 4. The number of fused-ring (bicyclic) bond motifs is 1. The minimum atomic E-state index is -0.0617. The van der Waals surface area contributed by atoms with Gasteiger partial charge in [-0.3, -0.25) is 4.79 Å². The van der Waals surface area contributed by atoms with E-state index in [1.54, 1.807) is 6.20 Å². The van der Waals surface area contributed by atoms with Crippen LogP contribution in [-0.2, 0) is 6.42 Å². The maximum absolute atomic E-state index is 13.1. The van der Waals surface area contributed by atoms with Crippen molar-refractivity contribution in [1.29, 1.82) is 0 Å². The third-order valence-corrected chi connectivity index (χ3v) is 5.76. The van der Waals surface area contributed by atoms with Crippen LogP contribution in [0.4, 0.5) is 5.82 Å². The molecule has 0 unspecified atom stereocenters. The Morgan fingerprint density at radius 1 is 1.00 bits per heavy atom. The third kappa shape index (κ3) is 4.14. The van der Waals surface area contributed by atoms with Crippen molar-refractivity contribution in [2.45, 2.75) is 19.3 Å². The second-order valence-corrected chi connectivity index (χ2v) is 7.87. The summed E-state index contributed by atoms with van der Waals surface area (Å²) in [6.45, 7) is 2.48. The van der Waals surface area contributed by atoms with E-state index in [-0.39, 0.29) is 5.91 Å². The predicted octanol–water partition coefficient (Wildman–Crippen LogP) is 3.99. The molecule has 1 amide bonds. The van der Waals surface area contributed by atoms with Crippen LogP contribution in [0.2, 0.25) is 0 Å². The summed E-state index contributed by atoms with van der Waals surface area (Å²) in [5.41, 5.74) is 3.79. The minimum absolute atomic E-state index is 0.0617. The zero-order valence-electron chi connectivity index (χ0n) is 17.4. The number of para-hydroxylation sites is 1. The molecule has 0 saturated carbocycles. The Morgan fingerprint density at radius 3 is 2.58 bits per heavy atom. The minimum Gasteiger partial charge on any atom is -0.356 e. The first-order valence-electron chi connectivity index (χ1n) is 10.8. The summed E-state index contributed by atoms with van der Waals surface area (Å²) >= 11 is 0. The van der Waals surface area contributed by atoms with Gasteiger partial charge in [0.15, 0.2) is 0 Å². The number of rotatable bonds is 6. The van der Waals surface area contributed by atoms with Crippen molar-refractivity contribution in [2.75, 3.05) is 24.5 Å². The molecule has 6 heteroatoms. The Hall–Kier alpha value is -3.67. The van der Waals surface area contributed by atoms with Crippen LogP contribution in [0.15, 0.2) is 73.1 Å². The van der Waals surface area contributed by atoms with E-state index < -0.39 is 0 Å². The number of benzene rings is 2. The summed E-state index contributed by atoms with van der Waals surface area (Å²) in [4.78, 5) is 20.1. The van der Waals surface area contributed by atoms with Gasteiger partial charge in [0.2, 0.25) is 0 Å². The Labute approximate surface area is 181 Å². The van der Waals surface area contributed by atoms with E-state index >= 15 is 0 Å². The van der Waals surface area contributed by atoms with Crippen molar-refractivity contribution in [1.82, 2.24) is 20.1 Å². The second kappa shape index (κ2) is 8.60. The van der Waals surface area contributed by atoms with Crippen LogP contribution in [0.1, 0.15) is 28.8 Å². The van der Waals surface area contributed by atoms with Gasteiger partial charge in [0, 0.05) is 37.4 Å². The normalized spacial score (nSPS) is 13.6. The molecule has 31 heavy (non-hydrogen) atoms. The Morgan fingerprint density at radius 2 is 1.81 bits per heavy atom. The number of hydrogen-bond donors (Lipinski definition) is 1. The van der Waals surface area contributed by atoms with E-state index in [9.17, 15) is 4.79 Å². The lowest BCUT2D eigenvalue weighted by molar-refractivity contribution is 0.0954. The summed E-state index contributed by atoms with van der Waals surface area (Å²) in [5.74, 6) is 0.741. The molecule has 2 aromatic heterocycles. The van der Waals surface area contributed by atoms with Crippen molar-refractivity contribution >= 4 is 22.6 Å².